The topological polar surface area (TPSA) is 89.3 Å². The molecule has 0 saturated heterocycles. The molecule has 0 atom stereocenters. The minimum absolute atomic E-state index is 0.161. The molecular weight excluding hydrogens is 248 g/mol. The quantitative estimate of drug-likeness (QED) is 0.503. The van der Waals surface area contributed by atoms with Crippen LogP contribution in [-0.4, -0.2) is 16.6 Å². The Hall–Kier alpha value is -2.24. The van der Waals surface area contributed by atoms with Gasteiger partial charge in [-0.2, -0.15) is 0 Å². The van der Waals surface area contributed by atoms with Crippen LogP contribution in [0.1, 0.15) is 42.6 Å². The zero-order chi connectivity index (χ0) is 14.6. The SMILES string of the molecule is CCCC(=O)Nc1c(C)cc(C(C)=O)cc1[N+](=O)[O-]. The molecule has 1 aromatic carbocycles. The van der Waals surface area contributed by atoms with Crippen molar-refractivity contribution in [2.75, 3.05) is 5.32 Å². The second-order valence-corrected chi connectivity index (χ2v) is 4.30. The second kappa shape index (κ2) is 6.08. The first-order valence-corrected chi connectivity index (χ1v) is 5.96. The van der Waals surface area contributed by atoms with Gasteiger partial charge in [0.2, 0.25) is 5.91 Å². The lowest BCUT2D eigenvalue weighted by Crippen LogP contribution is -2.14. The summed E-state index contributed by atoms with van der Waals surface area (Å²) in [5.74, 6) is -0.526. The Morgan fingerprint density at radius 3 is 2.47 bits per heavy atom. The minimum atomic E-state index is -0.596. The molecule has 0 aromatic heterocycles. The number of amides is 1. The first-order valence-electron chi connectivity index (χ1n) is 5.96. The number of rotatable bonds is 5. The molecule has 0 aliphatic carbocycles. The van der Waals surface area contributed by atoms with E-state index in [1.165, 1.54) is 19.1 Å². The van der Waals surface area contributed by atoms with E-state index in [-0.39, 0.29) is 28.6 Å². The Morgan fingerprint density at radius 1 is 1.37 bits per heavy atom. The first kappa shape index (κ1) is 14.8. The average molecular weight is 264 g/mol. The van der Waals surface area contributed by atoms with Crippen molar-refractivity contribution in [2.24, 2.45) is 0 Å². The number of nitro groups is 1. The van der Waals surface area contributed by atoms with Gasteiger partial charge in [0.25, 0.3) is 5.69 Å². The predicted molar refractivity (Wildman–Crippen MR) is 71.4 cm³/mol. The predicted octanol–water partition coefficient (Wildman–Crippen LogP) is 2.84. The number of benzene rings is 1. The summed E-state index contributed by atoms with van der Waals surface area (Å²) in [4.78, 5) is 33.3. The Morgan fingerprint density at radius 2 is 2.00 bits per heavy atom. The smallest absolute Gasteiger partial charge is 0.293 e. The molecule has 0 bridgehead atoms. The summed E-state index contributed by atoms with van der Waals surface area (Å²) in [6.07, 6.45) is 0.954. The number of nitrogens with one attached hydrogen (secondary N) is 1. The van der Waals surface area contributed by atoms with E-state index in [2.05, 4.69) is 5.32 Å². The lowest BCUT2D eigenvalue weighted by molar-refractivity contribution is -0.384. The van der Waals surface area contributed by atoms with Crippen LogP contribution in [0.5, 0.6) is 0 Å². The van der Waals surface area contributed by atoms with Gasteiger partial charge in [0, 0.05) is 18.1 Å². The summed E-state index contributed by atoms with van der Waals surface area (Å²) in [6.45, 7) is 4.81. The van der Waals surface area contributed by atoms with E-state index in [1.54, 1.807) is 6.92 Å². The molecule has 0 aliphatic rings. The summed E-state index contributed by atoms with van der Waals surface area (Å²) in [7, 11) is 0. The number of Topliss-reactive ketones (excluding diaryl/α,β-unsaturated/α-hetero) is 1. The third kappa shape index (κ3) is 3.61. The second-order valence-electron chi connectivity index (χ2n) is 4.30. The molecule has 0 spiro atoms. The van der Waals surface area contributed by atoms with Gasteiger partial charge in [0.15, 0.2) is 5.78 Å². The van der Waals surface area contributed by atoms with E-state index in [0.717, 1.165) is 0 Å². The van der Waals surface area contributed by atoms with Crippen LogP contribution in [0, 0.1) is 17.0 Å². The van der Waals surface area contributed by atoms with Crippen LogP contribution in [0.15, 0.2) is 12.1 Å². The van der Waals surface area contributed by atoms with Crippen LogP contribution in [0.25, 0.3) is 0 Å². The average Bonchev–Trinajstić information content (AvgIpc) is 2.31. The van der Waals surface area contributed by atoms with Crippen molar-refractivity contribution >= 4 is 23.1 Å². The van der Waals surface area contributed by atoms with Crippen LogP contribution in [-0.2, 0) is 4.79 Å². The van der Waals surface area contributed by atoms with Gasteiger partial charge < -0.3 is 5.32 Å². The molecule has 0 radical (unpaired) electrons. The van der Waals surface area contributed by atoms with Gasteiger partial charge in [0.05, 0.1) is 4.92 Å². The molecule has 1 aromatic rings. The van der Waals surface area contributed by atoms with Gasteiger partial charge in [0.1, 0.15) is 5.69 Å². The van der Waals surface area contributed by atoms with Crippen molar-refractivity contribution in [1.82, 2.24) is 0 Å². The van der Waals surface area contributed by atoms with Gasteiger partial charge in [-0.15, -0.1) is 0 Å². The monoisotopic (exact) mass is 264 g/mol. The maximum absolute atomic E-state index is 11.6. The lowest BCUT2D eigenvalue weighted by Gasteiger charge is -2.10. The number of nitro benzene ring substituents is 1. The number of anilines is 1. The van der Waals surface area contributed by atoms with Crippen LogP contribution in [0.4, 0.5) is 11.4 Å². The third-order valence-corrected chi connectivity index (χ3v) is 2.66. The fraction of sp³-hybridized carbons (Fsp3) is 0.385. The summed E-state index contributed by atoms with van der Waals surface area (Å²) in [5, 5.41) is 13.6. The van der Waals surface area contributed by atoms with Gasteiger partial charge in [-0.05, 0) is 31.9 Å². The Balaban J connectivity index is 3.26. The Kier molecular flexibility index (Phi) is 4.74. The standard InChI is InChI=1S/C13H16N2O4/c1-4-5-12(17)14-13-8(2)6-10(9(3)16)7-11(13)15(18)19/h6-7H,4-5H2,1-3H3,(H,14,17). The first-order chi connectivity index (χ1) is 8.86. The number of carbonyl (C=O) groups excluding carboxylic acids is 2. The molecule has 1 rings (SSSR count). The molecule has 1 N–H and O–H groups in total. The van der Waals surface area contributed by atoms with Crippen LogP contribution in [0.2, 0.25) is 0 Å². The molecule has 0 heterocycles. The number of hydrogen-bond acceptors (Lipinski definition) is 4. The molecule has 0 unspecified atom stereocenters. The maximum Gasteiger partial charge on any atom is 0.293 e. The maximum atomic E-state index is 11.6. The van der Waals surface area contributed by atoms with Crippen molar-refractivity contribution in [2.45, 2.75) is 33.6 Å². The molecule has 19 heavy (non-hydrogen) atoms. The van der Waals surface area contributed by atoms with Gasteiger partial charge >= 0.3 is 0 Å². The van der Waals surface area contributed by atoms with Crippen molar-refractivity contribution < 1.29 is 14.5 Å². The molecule has 6 nitrogen and oxygen atoms in total. The number of hydrogen-bond donors (Lipinski definition) is 1. The van der Waals surface area contributed by atoms with Crippen LogP contribution < -0.4 is 5.32 Å². The molecule has 6 heteroatoms. The van der Waals surface area contributed by atoms with Crippen LogP contribution in [0.3, 0.4) is 0 Å². The highest BCUT2D eigenvalue weighted by Gasteiger charge is 2.20. The van der Waals surface area contributed by atoms with Gasteiger partial charge in [-0.3, -0.25) is 19.7 Å². The highest BCUT2D eigenvalue weighted by atomic mass is 16.6. The van der Waals surface area contributed by atoms with Crippen molar-refractivity contribution in [3.63, 3.8) is 0 Å². The van der Waals surface area contributed by atoms with Crippen molar-refractivity contribution in [3.05, 3.63) is 33.4 Å². The minimum Gasteiger partial charge on any atom is -0.320 e. The largest absolute Gasteiger partial charge is 0.320 e. The fourth-order valence-electron chi connectivity index (χ4n) is 1.71. The number of nitrogens with zero attached hydrogens (tertiary/aromatic N) is 1. The number of aryl methyl sites for hydroxylation is 1. The Labute approximate surface area is 111 Å². The number of carbonyl (C=O) groups is 2. The summed E-state index contributed by atoms with van der Waals surface area (Å²) in [6, 6.07) is 2.73. The molecule has 102 valence electrons. The fourth-order valence-corrected chi connectivity index (χ4v) is 1.71. The van der Waals surface area contributed by atoms with E-state index < -0.39 is 4.92 Å². The molecule has 1 amide bonds. The zero-order valence-electron chi connectivity index (χ0n) is 11.1. The van der Waals surface area contributed by atoms with Crippen molar-refractivity contribution in [3.8, 4) is 0 Å². The van der Waals surface area contributed by atoms with Gasteiger partial charge in [-0.25, -0.2) is 0 Å². The van der Waals surface area contributed by atoms with Crippen LogP contribution >= 0.6 is 0 Å². The number of ketones is 1. The normalized spacial score (nSPS) is 10.1. The summed E-state index contributed by atoms with van der Waals surface area (Å²) in [5.41, 5.74) is 0.671. The Bertz CT molecular complexity index is 538. The highest BCUT2D eigenvalue weighted by Crippen LogP contribution is 2.30. The molecule has 0 aliphatic heterocycles. The summed E-state index contributed by atoms with van der Waals surface area (Å²) < 4.78 is 0. The lowest BCUT2D eigenvalue weighted by atomic mass is 10.0. The highest BCUT2D eigenvalue weighted by molar-refractivity contribution is 5.99. The van der Waals surface area contributed by atoms with E-state index in [1.807, 2.05) is 6.92 Å². The van der Waals surface area contributed by atoms with Crippen molar-refractivity contribution in [1.29, 1.82) is 0 Å². The molecular formula is C13H16N2O4. The molecule has 0 fully saturated rings. The van der Waals surface area contributed by atoms with E-state index in [0.29, 0.717) is 18.4 Å². The van der Waals surface area contributed by atoms with E-state index in [4.69, 9.17) is 0 Å². The van der Waals surface area contributed by atoms with Gasteiger partial charge in [-0.1, -0.05) is 6.92 Å². The van der Waals surface area contributed by atoms with E-state index in [9.17, 15) is 19.7 Å². The van der Waals surface area contributed by atoms with E-state index >= 15 is 0 Å². The molecule has 0 saturated carbocycles. The zero-order valence-corrected chi connectivity index (χ0v) is 11.1. The summed E-state index contributed by atoms with van der Waals surface area (Å²) >= 11 is 0. The third-order valence-electron chi connectivity index (χ3n) is 2.66.